The number of carbonyl (C=O) groups excluding carboxylic acids is 1. The van der Waals surface area contributed by atoms with Crippen molar-refractivity contribution < 1.29 is 18.7 Å². The maximum absolute atomic E-state index is 13.4. The third-order valence-electron chi connectivity index (χ3n) is 3.30. The molecule has 3 nitrogen and oxygen atoms in total. The predicted molar refractivity (Wildman–Crippen MR) is 61.9 cm³/mol. The quantitative estimate of drug-likeness (QED) is 0.889. The van der Waals surface area contributed by atoms with Gasteiger partial charge in [-0.15, -0.1) is 0 Å². The number of benzene rings is 1. The molecule has 0 saturated carbocycles. The average molecular weight is 255 g/mol. The molecule has 0 radical (unpaired) electrons. The van der Waals surface area contributed by atoms with Gasteiger partial charge in [0.1, 0.15) is 11.6 Å². The number of rotatable bonds is 3. The molecule has 98 valence electrons. The molecule has 0 spiro atoms. The van der Waals surface area contributed by atoms with Gasteiger partial charge in [0, 0.05) is 12.1 Å². The van der Waals surface area contributed by atoms with E-state index in [1.54, 1.807) is 0 Å². The Morgan fingerprint density at radius 2 is 2.06 bits per heavy atom. The van der Waals surface area contributed by atoms with Crippen LogP contribution in [0.5, 0.6) is 0 Å². The molecule has 2 rings (SSSR count). The molecule has 1 amide bonds. The van der Waals surface area contributed by atoms with Crippen LogP contribution in [0.4, 0.5) is 8.78 Å². The van der Waals surface area contributed by atoms with Gasteiger partial charge in [0.2, 0.25) is 5.91 Å². The number of likely N-dealkylation sites (tertiary alicyclic amines) is 1. The highest BCUT2D eigenvalue weighted by atomic mass is 19.1. The molecule has 18 heavy (non-hydrogen) atoms. The summed E-state index contributed by atoms with van der Waals surface area (Å²) in [5, 5.41) is 9.12. The summed E-state index contributed by atoms with van der Waals surface area (Å²) in [5.41, 5.74) is -0.203. The summed E-state index contributed by atoms with van der Waals surface area (Å²) in [6, 6.07) is 3.33. The van der Waals surface area contributed by atoms with Crippen molar-refractivity contribution in [3.05, 3.63) is 35.4 Å². The van der Waals surface area contributed by atoms with Gasteiger partial charge in [-0.1, -0.05) is 6.07 Å². The van der Waals surface area contributed by atoms with E-state index in [0.29, 0.717) is 6.54 Å². The Labute approximate surface area is 104 Å². The molecular formula is C13H15F2NO2. The van der Waals surface area contributed by atoms with E-state index in [0.717, 1.165) is 25.0 Å². The highest BCUT2D eigenvalue weighted by molar-refractivity contribution is 5.79. The van der Waals surface area contributed by atoms with Gasteiger partial charge in [0.25, 0.3) is 0 Å². The number of aliphatic hydroxyl groups excluding tert-OH is 1. The third-order valence-corrected chi connectivity index (χ3v) is 3.30. The Morgan fingerprint density at radius 3 is 2.67 bits per heavy atom. The molecule has 1 fully saturated rings. The highest BCUT2D eigenvalue weighted by Gasteiger charge is 2.28. The number of halogens is 2. The molecule has 1 aliphatic rings. The molecule has 0 aliphatic carbocycles. The van der Waals surface area contributed by atoms with E-state index in [-0.39, 0.29) is 30.5 Å². The first-order chi connectivity index (χ1) is 8.63. The molecule has 1 N–H and O–H groups in total. The summed E-state index contributed by atoms with van der Waals surface area (Å²) in [7, 11) is 0. The Kier molecular flexibility index (Phi) is 3.91. The van der Waals surface area contributed by atoms with Gasteiger partial charge < -0.3 is 10.0 Å². The van der Waals surface area contributed by atoms with Gasteiger partial charge in [0.05, 0.1) is 19.1 Å². The molecule has 1 heterocycles. The fourth-order valence-corrected chi connectivity index (χ4v) is 2.31. The second-order valence-corrected chi connectivity index (χ2v) is 4.44. The summed E-state index contributed by atoms with van der Waals surface area (Å²) in [4.78, 5) is 13.5. The number of amides is 1. The van der Waals surface area contributed by atoms with Gasteiger partial charge in [0.15, 0.2) is 0 Å². The fourth-order valence-electron chi connectivity index (χ4n) is 2.31. The van der Waals surface area contributed by atoms with Crippen molar-refractivity contribution in [3.8, 4) is 0 Å². The maximum Gasteiger partial charge on any atom is 0.227 e. The zero-order valence-corrected chi connectivity index (χ0v) is 9.90. The van der Waals surface area contributed by atoms with Gasteiger partial charge in [-0.25, -0.2) is 8.78 Å². The monoisotopic (exact) mass is 255 g/mol. The van der Waals surface area contributed by atoms with E-state index in [1.807, 2.05) is 0 Å². The lowest BCUT2D eigenvalue weighted by molar-refractivity contribution is -0.132. The number of carbonyl (C=O) groups is 1. The fraction of sp³-hybridized carbons (Fsp3) is 0.462. The smallest absolute Gasteiger partial charge is 0.227 e. The Bertz CT molecular complexity index is 430. The van der Waals surface area contributed by atoms with E-state index >= 15 is 0 Å². The first-order valence-electron chi connectivity index (χ1n) is 5.96. The minimum absolute atomic E-state index is 0.106. The van der Waals surface area contributed by atoms with Crippen LogP contribution < -0.4 is 0 Å². The van der Waals surface area contributed by atoms with Crippen LogP contribution in [0.15, 0.2) is 18.2 Å². The topological polar surface area (TPSA) is 40.5 Å². The van der Waals surface area contributed by atoms with Crippen molar-refractivity contribution in [2.45, 2.75) is 25.3 Å². The molecule has 1 aromatic carbocycles. The van der Waals surface area contributed by atoms with Crippen LogP contribution in [0, 0.1) is 11.6 Å². The zero-order valence-electron chi connectivity index (χ0n) is 9.90. The van der Waals surface area contributed by atoms with Crippen molar-refractivity contribution in [2.24, 2.45) is 0 Å². The van der Waals surface area contributed by atoms with Crippen molar-refractivity contribution in [1.82, 2.24) is 4.90 Å². The Balaban J connectivity index is 2.12. The number of hydrogen-bond acceptors (Lipinski definition) is 2. The van der Waals surface area contributed by atoms with E-state index in [9.17, 15) is 13.6 Å². The van der Waals surface area contributed by atoms with Gasteiger partial charge >= 0.3 is 0 Å². The van der Waals surface area contributed by atoms with Crippen molar-refractivity contribution >= 4 is 5.91 Å². The van der Waals surface area contributed by atoms with E-state index in [1.165, 1.54) is 11.0 Å². The lowest BCUT2D eigenvalue weighted by atomic mass is 10.1. The number of hydrogen-bond donors (Lipinski definition) is 1. The summed E-state index contributed by atoms with van der Waals surface area (Å²) >= 11 is 0. The normalized spacial score (nSPS) is 19.3. The first-order valence-corrected chi connectivity index (χ1v) is 5.96. The summed E-state index contributed by atoms with van der Waals surface area (Å²) in [5.74, 6) is -1.75. The van der Waals surface area contributed by atoms with Crippen LogP contribution in [0.25, 0.3) is 0 Å². The highest BCUT2D eigenvalue weighted by Crippen LogP contribution is 2.20. The molecule has 0 unspecified atom stereocenters. The predicted octanol–water partition coefficient (Wildman–Crippen LogP) is 1.49. The lowest BCUT2D eigenvalue weighted by Crippen LogP contribution is -2.38. The second-order valence-electron chi connectivity index (χ2n) is 4.44. The third kappa shape index (κ3) is 2.51. The zero-order chi connectivity index (χ0) is 13.1. The Hall–Kier alpha value is -1.49. The van der Waals surface area contributed by atoms with Crippen LogP contribution in [0.3, 0.4) is 0 Å². The molecule has 1 saturated heterocycles. The van der Waals surface area contributed by atoms with Crippen LogP contribution in [0.2, 0.25) is 0 Å². The summed E-state index contributed by atoms with van der Waals surface area (Å²) in [6.07, 6.45) is 1.26. The second kappa shape index (κ2) is 5.44. The van der Waals surface area contributed by atoms with Crippen LogP contribution in [-0.2, 0) is 11.2 Å². The minimum Gasteiger partial charge on any atom is -0.394 e. The molecule has 1 atom stereocenters. The molecule has 0 bridgehead atoms. The average Bonchev–Trinajstić information content (AvgIpc) is 2.82. The number of aliphatic hydroxyl groups is 1. The van der Waals surface area contributed by atoms with Gasteiger partial charge in [-0.2, -0.15) is 0 Å². The summed E-state index contributed by atoms with van der Waals surface area (Å²) < 4.78 is 26.8. The Morgan fingerprint density at radius 1 is 1.39 bits per heavy atom. The van der Waals surface area contributed by atoms with E-state index in [2.05, 4.69) is 0 Å². The van der Waals surface area contributed by atoms with Crippen molar-refractivity contribution in [2.75, 3.05) is 13.2 Å². The molecule has 1 aromatic rings. The molecule has 1 aliphatic heterocycles. The largest absolute Gasteiger partial charge is 0.394 e. The lowest BCUT2D eigenvalue weighted by Gasteiger charge is -2.23. The summed E-state index contributed by atoms with van der Waals surface area (Å²) in [6.45, 7) is 0.436. The maximum atomic E-state index is 13.4. The van der Waals surface area contributed by atoms with E-state index < -0.39 is 11.6 Å². The van der Waals surface area contributed by atoms with Gasteiger partial charge in [-0.05, 0) is 25.0 Å². The van der Waals surface area contributed by atoms with Crippen LogP contribution >= 0.6 is 0 Å². The number of nitrogens with zero attached hydrogens (tertiary/aromatic N) is 1. The standard InChI is InChI=1S/C13H15F2NO2/c14-11-4-1-5-12(15)10(11)7-13(18)16-6-2-3-9(16)8-17/h1,4-5,9,17H,2-3,6-8H2/t9-/m0/s1. The van der Waals surface area contributed by atoms with Crippen LogP contribution in [-0.4, -0.2) is 35.1 Å². The van der Waals surface area contributed by atoms with Crippen molar-refractivity contribution in [3.63, 3.8) is 0 Å². The van der Waals surface area contributed by atoms with E-state index in [4.69, 9.17) is 5.11 Å². The minimum atomic E-state index is -0.705. The van der Waals surface area contributed by atoms with Gasteiger partial charge in [-0.3, -0.25) is 4.79 Å². The first kappa shape index (κ1) is 13.0. The molecule has 5 heteroatoms. The molecule has 0 aromatic heterocycles. The van der Waals surface area contributed by atoms with Crippen molar-refractivity contribution in [1.29, 1.82) is 0 Å². The molecular weight excluding hydrogens is 240 g/mol. The SMILES string of the molecule is O=C(Cc1c(F)cccc1F)N1CCC[C@H]1CO. The van der Waals surface area contributed by atoms with Crippen LogP contribution in [0.1, 0.15) is 18.4 Å².